The Morgan fingerprint density at radius 3 is 2.25 bits per heavy atom. The highest BCUT2D eigenvalue weighted by molar-refractivity contribution is 9.12. The first-order valence-corrected chi connectivity index (χ1v) is 4.00. The maximum atomic E-state index is 8.22. The van der Waals surface area contributed by atoms with Crippen LogP contribution < -0.4 is 0 Å². The highest BCUT2D eigenvalue weighted by Crippen LogP contribution is 2.05. The van der Waals surface area contributed by atoms with E-state index in [2.05, 4.69) is 31.9 Å². The summed E-state index contributed by atoms with van der Waals surface area (Å²) in [5, 5.41) is 17.1. The van der Waals surface area contributed by atoms with Crippen molar-refractivity contribution in [2.75, 3.05) is 5.33 Å². The lowest BCUT2D eigenvalue weighted by molar-refractivity contribution is 0.189. The van der Waals surface area contributed by atoms with Crippen LogP contribution in [0.1, 0.15) is 0 Å². The minimum Gasteiger partial charge on any atom is -0.481 e. The molecule has 0 aromatic carbocycles. The molecule has 0 aliphatic heterocycles. The van der Waals surface area contributed by atoms with Crippen LogP contribution in [0.5, 0.6) is 0 Å². The second-order valence-electron chi connectivity index (χ2n) is 1.20. The van der Waals surface area contributed by atoms with E-state index in [0.717, 1.165) is 0 Å². The molecule has 0 rings (SSSR count). The molecular formula is C4H6Br2O2. The highest BCUT2D eigenvalue weighted by Gasteiger charge is 1.96. The summed E-state index contributed by atoms with van der Waals surface area (Å²) in [4.78, 5) is -0.00694. The van der Waals surface area contributed by atoms with Gasteiger partial charge < -0.3 is 10.2 Å². The molecule has 0 saturated heterocycles. The molecular weight excluding hydrogens is 240 g/mol. The first kappa shape index (κ1) is 8.30. The van der Waals surface area contributed by atoms with Crippen LogP contribution in [0, 0.1) is 0 Å². The van der Waals surface area contributed by atoms with Crippen LogP contribution >= 0.6 is 31.9 Å². The summed E-state index contributed by atoms with van der Waals surface area (Å²) in [6.07, 6.45) is 1.29. The Morgan fingerprint density at radius 1 is 1.62 bits per heavy atom. The number of aliphatic hydroxyl groups is 2. The van der Waals surface area contributed by atoms with E-state index in [0.29, 0.717) is 5.33 Å². The van der Waals surface area contributed by atoms with E-state index < -0.39 is 5.95 Å². The fourth-order valence-corrected chi connectivity index (χ4v) is 0.630. The zero-order valence-electron chi connectivity index (χ0n) is 4.01. The van der Waals surface area contributed by atoms with Gasteiger partial charge in [0.15, 0.2) is 0 Å². The van der Waals surface area contributed by atoms with E-state index in [9.17, 15) is 0 Å². The maximum absolute atomic E-state index is 8.22. The minimum absolute atomic E-state index is 0.00694. The third kappa shape index (κ3) is 4.46. The first-order chi connectivity index (χ1) is 3.66. The molecule has 1 atom stereocenters. The van der Waals surface area contributed by atoms with E-state index in [4.69, 9.17) is 10.2 Å². The fraction of sp³-hybridized carbons (Fsp3) is 0.500. The van der Waals surface area contributed by atoms with Gasteiger partial charge in [-0.1, -0.05) is 31.9 Å². The Morgan fingerprint density at radius 2 is 2.12 bits per heavy atom. The Balaban J connectivity index is 3.51. The molecule has 0 aliphatic carbocycles. The summed E-state index contributed by atoms with van der Waals surface area (Å²) in [6.45, 7) is 0. The number of halogens is 2. The summed E-state index contributed by atoms with van der Waals surface area (Å²) < 4.78 is 0. The van der Waals surface area contributed by atoms with Crippen molar-refractivity contribution in [1.29, 1.82) is 0 Å². The predicted molar refractivity (Wildman–Crippen MR) is 39.8 cm³/mol. The van der Waals surface area contributed by atoms with E-state index >= 15 is 0 Å². The van der Waals surface area contributed by atoms with Crippen LogP contribution in [-0.4, -0.2) is 20.4 Å². The molecule has 0 bridgehead atoms. The van der Waals surface area contributed by atoms with Crippen LogP contribution in [0.15, 0.2) is 12.0 Å². The molecule has 4 heteroatoms. The Kier molecular flexibility index (Phi) is 4.36. The lowest BCUT2D eigenvalue weighted by Crippen LogP contribution is -1.94. The van der Waals surface area contributed by atoms with Gasteiger partial charge in [-0.3, -0.25) is 0 Å². The lowest BCUT2D eigenvalue weighted by Gasteiger charge is -1.94. The van der Waals surface area contributed by atoms with Crippen molar-refractivity contribution in [3.05, 3.63) is 12.0 Å². The summed E-state index contributed by atoms with van der Waals surface area (Å²) in [5.41, 5.74) is 0. The second-order valence-corrected chi connectivity index (χ2v) is 3.02. The molecule has 8 heavy (non-hydrogen) atoms. The lowest BCUT2D eigenvalue weighted by atomic mass is 10.5. The standard InChI is InChI=1S/C4H6Br2O2/c5-2-3(6)1-4(7)8/h1,3,7-8H,2H2. The van der Waals surface area contributed by atoms with Crippen molar-refractivity contribution < 1.29 is 10.2 Å². The number of alkyl halides is 2. The van der Waals surface area contributed by atoms with Crippen molar-refractivity contribution in [2.24, 2.45) is 0 Å². The smallest absolute Gasteiger partial charge is 0.271 e. The Labute approximate surface area is 64.5 Å². The average molecular weight is 246 g/mol. The van der Waals surface area contributed by atoms with Gasteiger partial charge in [0.05, 0.1) is 0 Å². The van der Waals surface area contributed by atoms with E-state index in [1.807, 2.05) is 0 Å². The van der Waals surface area contributed by atoms with Gasteiger partial charge in [-0.2, -0.15) is 0 Å². The van der Waals surface area contributed by atoms with Crippen molar-refractivity contribution >= 4 is 31.9 Å². The SMILES string of the molecule is OC(O)=CC(Br)CBr. The largest absolute Gasteiger partial charge is 0.481 e. The molecule has 0 heterocycles. The molecule has 0 aromatic heterocycles. The van der Waals surface area contributed by atoms with Crippen LogP contribution in [0.4, 0.5) is 0 Å². The normalized spacial score (nSPS) is 12.8. The highest BCUT2D eigenvalue weighted by atomic mass is 79.9. The molecule has 0 spiro atoms. The van der Waals surface area contributed by atoms with E-state index in [1.54, 1.807) is 0 Å². The van der Waals surface area contributed by atoms with Gasteiger partial charge in [-0.05, 0) is 0 Å². The van der Waals surface area contributed by atoms with Gasteiger partial charge in [0.25, 0.3) is 5.95 Å². The molecule has 0 radical (unpaired) electrons. The van der Waals surface area contributed by atoms with Crippen molar-refractivity contribution in [2.45, 2.75) is 4.83 Å². The molecule has 2 N–H and O–H groups in total. The zero-order valence-corrected chi connectivity index (χ0v) is 7.18. The van der Waals surface area contributed by atoms with Crippen LogP contribution in [-0.2, 0) is 0 Å². The Hall–Kier alpha value is 0.300. The van der Waals surface area contributed by atoms with Gasteiger partial charge >= 0.3 is 0 Å². The number of aliphatic hydroxyl groups excluding tert-OH is 1. The minimum atomic E-state index is -0.647. The van der Waals surface area contributed by atoms with Gasteiger partial charge in [0.2, 0.25) is 0 Å². The number of allylic oxidation sites excluding steroid dienone is 1. The number of rotatable bonds is 2. The fourth-order valence-electron chi connectivity index (χ4n) is 0.206. The topological polar surface area (TPSA) is 40.5 Å². The van der Waals surface area contributed by atoms with Gasteiger partial charge in [-0.15, -0.1) is 0 Å². The molecule has 2 nitrogen and oxygen atoms in total. The van der Waals surface area contributed by atoms with Gasteiger partial charge in [0, 0.05) is 16.2 Å². The predicted octanol–water partition coefficient (Wildman–Crippen LogP) is 2.10. The summed E-state index contributed by atoms with van der Waals surface area (Å²) >= 11 is 6.26. The zero-order chi connectivity index (χ0) is 6.57. The molecule has 1 unspecified atom stereocenters. The Bertz CT molecular complexity index is 88.0. The number of hydrogen-bond donors (Lipinski definition) is 2. The molecule has 0 saturated carbocycles. The molecule has 0 aromatic rings. The van der Waals surface area contributed by atoms with E-state index in [1.165, 1.54) is 6.08 Å². The average Bonchev–Trinajstić information content (AvgIpc) is 1.65. The third-order valence-corrected chi connectivity index (χ3v) is 2.63. The molecule has 0 fully saturated rings. The number of hydrogen-bond acceptors (Lipinski definition) is 2. The summed E-state index contributed by atoms with van der Waals surface area (Å²) in [6, 6.07) is 0. The molecule has 48 valence electrons. The third-order valence-electron chi connectivity index (χ3n) is 0.477. The maximum Gasteiger partial charge on any atom is 0.271 e. The van der Waals surface area contributed by atoms with Crippen molar-refractivity contribution in [1.82, 2.24) is 0 Å². The van der Waals surface area contributed by atoms with Crippen molar-refractivity contribution in [3.8, 4) is 0 Å². The van der Waals surface area contributed by atoms with Crippen LogP contribution in [0.25, 0.3) is 0 Å². The van der Waals surface area contributed by atoms with Gasteiger partial charge in [0.1, 0.15) is 0 Å². The summed E-state index contributed by atoms with van der Waals surface area (Å²) in [5.74, 6) is -0.647. The first-order valence-electron chi connectivity index (χ1n) is 1.96. The monoisotopic (exact) mass is 244 g/mol. The van der Waals surface area contributed by atoms with Crippen molar-refractivity contribution in [3.63, 3.8) is 0 Å². The van der Waals surface area contributed by atoms with Crippen LogP contribution in [0.3, 0.4) is 0 Å². The van der Waals surface area contributed by atoms with E-state index in [-0.39, 0.29) is 4.83 Å². The summed E-state index contributed by atoms with van der Waals surface area (Å²) in [7, 11) is 0. The molecule has 0 aliphatic rings. The van der Waals surface area contributed by atoms with Crippen LogP contribution in [0.2, 0.25) is 0 Å². The molecule has 0 amide bonds. The quantitative estimate of drug-likeness (QED) is 0.578. The second kappa shape index (κ2) is 4.21. The van der Waals surface area contributed by atoms with Gasteiger partial charge in [-0.25, -0.2) is 0 Å².